The van der Waals surface area contributed by atoms with Crippen LogP contribution >= 0.6 is 11.6 Å². The number of amides is 4. The van der Waals surface area contributed by atoms with E-state index in [9.17, 15) is 19.2 Å². The van der Waals surface area contributed by atoms with Gasteiger partial charge in [0, 0.05) is 86.2 Å². The summed E-state index contributed by atoms with van der Waals surface area (Å²) in [6.07, 6.45) is 1.56. The number of ether oxygens (including phenoxy) is 1. The van der Waals surface area contributed by atoms with Crippen molar-refractivity contribution in [3.8, 4) is 5.75 Å². The van der Waals surface area contributed by atoms with Gasteiger partial charge in [0.15, 0.2) is 5.82 Å². The number of nitrogens with zero attached hydrogens (tertiary/aromatic N) is 6. The Kier molecular flexibility index (Phi) is 8.61. The van der Waals surface area contributed by atoms with Crippen molar-refractivity contribution in [1.29, 1.82) is 0 Å². The molecule has 5 heterocycles. The third-order valence-corrected chi connectivity index (χ3v) is 12.6. The maximum absolute atomic E-state index is 16.6. The number of piperidine rings is 2. The van der Waals surface area contributed by atoms with E-state index < -0.39 is 108 Å². The molecule has 3 aromatic rings. The number of benzene rings is 2. The summed E-state index contributed by atoms with van der Waals surface area (Å²) in [7, 11) is 0. The second-order valence-electron chi connectivity index (χ2n) is 16.9. The first-order valence-electron chi connectivity index (χ1n) is 23.7. The molecule has 1 unspecified atom stereocenters. The Morgan fingerprint density at radius 1 is 1.03 bits per heavy atom. The van der Waals surface area contributed by atoms with Crippen molar-refractivity contribution in [2.24, 2.45) is 16.7 Å². The zero-order valence-corrected chi connectivity index (χ0v) is 34.1. The minimum absolute atomic E-state index is 0.100. The van der Waals surface area contributed by atoms with Crippen molar-refractivity contribution in [1.82, 2.24) is 25.4 Å². The van der Waals surface area contributed by atoms with E-state index in [1.807, 2.05) is 32.6 Å². The fourth-order valence-electron chi connectivity index (χ4n) is 9.42. The number of halogens is 3. The molecule has 4 fully saturated rings. The van der Waals surface area contributed by atoms with Gasteiger partial charge in [-0.3, -0.25) is 29.4 Å². The molecule has 3 saturated heterocycles. The van der Waals surface area contributed by atoms with E-state index in [2.05, 4.69) is 20.5 Å². The van der Waals surface area contributed by atoms with Crippen LogP contribution < -0.4 is 25.2 Å². The first kappa shape index (κ1) is 32.4. The number of hydrogen-bond donors (Lipinski definition) is 2. The summed E-state index contributed by atoms with van der Waals surface area (Å²) < 4.78 is 111. The van der Waals surface area contributed by atoms with Crippen LogP contribution in [0.2, 0.25) is 5.02 Å². The molecule has 1 aliphatic carbocycles. The highest BCUT2D eigenvalue weighted by Gasteiger charge is 2.64. The summed E-state index contributed by atoms with van der Waals surface area (Å²) >= 11 is 6.24. The number of imide groups is 1. The number of hydrogen-bond acceptors (Lipinski definition) is 9. The standard InChI is InChI=1S/C44H49ClF2N8O5/c1-43(2)41(44(3,4)42(43)60-27-7-8-32(48-5)30(45)20-27)51-38(57)26-6-10-34(49-22-26)53-14-12-25(13-15-53)23-52-16-18-54(19-17-52)37-31(46)21-28-29(36(37)47)24-55(40(28)59)33-9-11-35(56)50-39(33)58/h6-8,10,20-22,25,33,41-42H,9,11-19,23-24H2,1-4H3,(H,51,57)(H,50,56,58)/i16D2,17D2,18D2,19D2. The first-order chi connectivity index (χ1) is 31.6. The van der Waals surface area contributed by atoms with Crippen LogP contribution in [0.4, 0.5) is 26.0 Å². The maximum atomic E-state index is 16.6. The molecule has 5 aliphatic rings. The van der Waals surface area contributed by atoms with Crippen molar-refractivity contribution in [3.63, 3.8) is 0 Å². The molecule has 0 radical (unpaired) electrons. The number of anilines is 2. The lowest BCUT2D eigenvalue weighted by Crippen LogP contribution is -2.74. The number of aromatic nitrogens is 1. The predicted molar refractivity (Wildman–Crippen MR) is 221 cm³/mol. The van der Waals surface area contributed by atoms with Crippen LogP contribution in [0.25, 0.3) is 4.85 Å². The monoisotopic (exact) mass is 850 g/mol. The second kappa shape index (κ2) is 15.9. The minimum Gasteiger partial charge on any atom is -0.489 e. The van der Waals surface area contributed by atoms with Crippen LogP contribution in [0.15, 0.2) is 42.6 Å². The topological polar surface area (TPSA) is 132 Å². The summed E-state index contributed by atoms with van der Waals surface area (Å²) in [6.45, 7) is 0.743. The Morgan fingerprint density at radius 2 is 1.75 bits per heavy atom. The van der Waals surface area contributed by atoms with Gasteiger partial charge in [-0.2, -0.15) is 0 Å². The lowest BCUT2D eigenvalue weighted by Gasteiger charge is -2.63. The number of fused-ring (bicyclic) bond motifs is 1. The molecular formula is C44H49ClF2N8O5. The summed E-state index contributed by atoms with van der Waals surface area (Å²) in [5.41, 5.74) is -2.84. The van der Waals surface area contributed by atoms with Gasteiger partial charge in [0.1, 0.15) is 35.2 Å². The van der Waals surface area contributed by atoms with Crippen molar-refractivity contribution in [3.05, 3.63) is 87.4 Å². The van der Waals surface area contributed by atoms with Gasteiger partial charge in [-0.15, -0.1) is 0 Å². The molecule has 4 aliphatic heterocycles. The highest BCUT2D eigenvalue weighted by atomic mass is 35.5. The molecular weight excluding hydrogens is 794 g/mol. The molecule has 13 nitrogen and oxygen atoms in total. The number of carbonyl (C=O) groups excluding carboxylic acids is 4. The molecule has 4 amide bonds. The van der Waals surface area contributed by atoms with E-state index in [4.69, 9.17) is 33.9 Å². The smallest absolute Gasteiger partial charge is 0.255 e. The Bertz CT molecular complexity index is 2600. The van der Waals surface area contributed by atoms with Crippen molar-refractivity contribution in [2.75, 3.05) is 55.4 Å². The highest BCUT2D eigenvalue weighted by molar-refractivity contribution is 6.33. The molecule has 16 heteroatoms. The SMILES string of the molecule is [2H]C1([2H])N(CC2CCN(c3ccc(C(=O)NC4C(C)(C)C(Oc5ccc([N+]#[C-])c(Cl)c5)C4(C)C)cn3)CC2)C([2H])([2H])C([2H])([2H])N(c2c(F)cc3c(c2F)CN(C2CCC(=O)NC2=O)C3=O)C1([2H])[2H]. The van der Waals surface area contributed by atoms with Crippen molar-refractivity contribution >= 4 is 52.4 Å². The van der Waals surface area contributed by atoms with Gasteiger partial charge in [-0.1, -0.05) is 45.4 Å². The van der Waals surface area contributed by atoms with Crippen molar-refractivity contribution in [2.45, 2.75) is 78.1 Å². The van der Waals surface area contributed by atoms with E-state index in [0.717, 1.165) is 4.90 Å². The number of carbonyl (C=O) groups is 4. The molecule has 8 rings (SSSR count). The molecule has 0 bridgehead atoms. The summed E-state index contributed by atoms with van der Waals surface area (Å²) in [5, 5.41) is 5.51. The third kappa shape index (κ3) is 7.53. The minimum atomic E-state index is -3.62. The van der Waals surface area contributed by atoms with E-state index >= 15 is 8.78 Å². The van der Waals surface area contributed by atoms with Gasteiger partial charge >= 0.3 is 0 Å². The fraction of sp³-hybridized carbons (Fsp3) is 0.500. The Labute approximate surface area is 364 Å². The van der Waals surface area contributed by atoms with Gasteiger partial charge in [0.05, 0.1) is 34.7 Å². The fourth-order valence-corrected chi connectivity index (χ4v) is 9.63. The Hall–Kier alpha value is -5.33. The van der Waals surface area contributed by atoms with E-state index in [-0.39, 0.29) is 40.8 Å². The van der Waals surface area contributed by atoms with Crippen molar-refractivity contribution < 1.29 is 43.7 Å². The predicted octanol–water partition coefficient (Wildman–Crippen LogP) is 5.98. The molecule has 316 valence electrons. The van der Waals surface area contributed by atoms with E-state index in [1.54, 1.807) is 30.3 Å². The molecule has 2 aromatic carbocycles. The van der Waals surface area contributed by atoms with E-state index in [1.165, 1.54) is 6.20 Å². The second-order valence-corrected chi connectivity index (χ2v) is 17.4. The normalized spacial score (nSPS) is 29.4. The van der Waals surface area contributed by atoms with Crippen LogP contribution in [-0.4, -0.2) is 102 Å². The lowest BCUT2D eigenvalue weighted by molar-refractivity contribution is -0.164. The van der Waals surface area contributed by atoms with Gasteiger partial charge in [-0.05, 0) is 55.5 Å². The third-order valence-electron chi connectivity index (χ3n) is 12.3. The number of pyridine rings is 1. The highest BCUT2D eigenvalue weighted by Crippen LogP contribution is 2.56. The molecule has 0 spiro atoms. The Balaban J connectivity index is 0.921. The Morgan fingerprint density at radius 3 is 2.38 bits per heavy atom. The summed E-state index contributed by atoms with van der Waals surface area (Å²) in [4.78, 5) is 62.1. The van der Waals surface area contributed by atoms with Crippen LogP contribution in [0, 0.1) is 35.0 Å². The lowest BCUT2D eigenvalue weighted by atomic mass is 9.49. The first-order valence-corrected chi connectivity index (χ1v) is 20.1. The van der Waals surface area contributed by atoms with Crippen LogP contribution in [-0.2, 0) is 16.1 Å². The number of nitrogens with one attached hydrogen (secondary N) is 2. The summed E-state index contributed by atoms with van der Waals surface area (Å²) in [6, 6.07) is 7.26. The maximum Gasteiger partial charge on any atom is 0.255 e. The molecule has 2 N–H and O–H groups in total. The van der Waals surface area contributed by atoms with Gasteiger partial charge in [-0.25, -0.2) is 18.6 Å². The quantitative estimate of drug-likeness (QED) is 0.198. The average molecular weight is 851 g/mol. The zero-order valence-electron chi connectivity index (χ0n) is 41.4. The molecule has 1 aromatic heterocycles. The van der Waals surface area contributed by atoms with Gasteiger partial charge < -0.3 is 24.8 Å². The molecule has 1 atom stereocenters. The zero-order chi connectivity index (χ0) is 49.8. The average Bonchev–Trinajstić information content (AvgIpc) is 3.59. The largest absolute Gasteiger partial charge is 0.489 e. The molecule has 60 heavy (non-hydrogen) atoms. The number of rotatable bonds is 9. The van der Waals surface area contributed by atoms with Gasteiger partial charge in [0.2, 0.25) is 17.5 Å². The summed E-state index contributed by atoms with van der Waals surface area (Å²) in [5.74, 6) is -5.43. The van der Waals surface area contributed by atoms with Gasteiger partial charge in [0.25, 0.3) is 11.8 Å². The van der Waals surface area contributed by atoms with Crippen LogP contribution in [0.1, 0.15) is 90.6 Å². The van der Waals surface area contributed by atoms with Crippen LogP contribution in [0.3, 0.4) is 0 Å². The number of piperazine rings is 1. The van der Waals surface area contributed by atoms with Crippen LogP contribution in [0.5, 0.6) is 5.75 Å². The van der Waals surface area contributed by atoms with E-state index in [0.29, 0.717) is 59.7 Å². The molecule has 1 saturated carbocycles.